The monoisotopic (exact) mass is 268 g/mol. The van der Waals surface area contributed by atoms with Crippen molar-refractivity contribution in [3.8, 4) is 5.75 Å². The summed E-state index contributed by atoms with van der Waals surface area (Å²) in [5.41, 5.74) is 0. The first-order valence-corrected chi connectivity index (χ1v) is 6.10. The molecule has 0 spiro atoms. The van der Waals surface area contributed by atoms with Gasteiger partial charge in [-0.15, -0.1) is 0 Å². The van der Waals surface area contributed by atoms with Crippen molar-refractivity contribution in [2.45, 2.75) is 24.9 Å². The largest absolute Gasteiger partial charge is 0.490 e. The van der Waals surface area contributed by atoms with E-state index in [2.05, 4.69) is 26.2 Å². The summed E-state index contributed by atoms with van der Waals surface area (Å²) < 4.78 is 6.65. The molecule has 3 atom stereocenters. The van der Waals surface area contributed by atoms with E-state index in [1.54, 1.807) is 12.4 Å². The average Bonchev–Trinajstić information content (AvgIpc) is 2.84. The topological polar surface area (TPSA) is 34.1 Å². The van der Waals surface area contributed by atoms with Gasteiger partial charge in [0.25, 0.3) is 0 Å². The number of piperidine rings is 1. The highest BCUT2D eigenvalue weighted by Gasteiger charge is 2.45. The lowest BCUT2D eigenvalue weighted by Crippen LogP contribution is -2.31. The number of ether oxygens (including phenoxy) is 1. The first-order valence-electron chi connectivity index (χ1n) is 5.30. The van der Waals surface area contributed by atoms with Gasteiger partial charge < -0.3 is 10.1 Å². The van der Waals surface area contributed by atoms with Crippen molar-refractivity contribution in [3.63, 3.8) is 0 Å². The molecule has 15 heavy (non-hydrogen) atoms. The van der Waals surface area contributed by atoms with Crippen molar-refractivity contribution >= 4 is 15.9 Å². The summed E-state index contributed by atoms with van der Waals surface area (Å²) in [6.07, 6.45) is 6.15. The molecule has 0 radical (unpaired) electrons. The van der Waals surface area contributed by atoms with E-state index < -0.39 is 0 Å². The van der Waals surface area contributed by atoms with E-state index >= 15 is 0 Å². The highest BCUT2D eigenvalue weighted by molar-refractivity contribution is 9.10. The standard InChI is InChI=1S/C11H13BrN2O/c12-8-3-10(5-13-4-8)15-6-9-1-7-2-11(7)14-9/h3-5,7,9,11,14H,1-2,6H2/t7-,9-,11+/m0/s1. The van der Waals surface area contributed by atoms with Crippen molar-refractivity contribution in [1.29, 1.82) is 0 Å². The second-order valence-corrected chi connectivity index (χ2v) is 5.27. The maximum absolute atomic E-state index is 5.68. The van der Waals surface area contributed by atoms with Crippen LogP contribution in [-0.2, 0) is 0 Å². The Kier molecular flexibility index (Phi) is 2.41. The Morgan fingerprint density at radius 3 is 3.13 bits per heavy atom. The van der Waals surface area contributed by atoms with Crippen molar-refractivity contribution in [2.75, 3.05) is 6.61 Å². The number of pyridine rings is 1. The smallest absolute Gasteiger partial charge is 0.138 e. The van der Waals surface area contributed by atoms with E-state index in [1.165, 1.54) is 12.8 Å². The Labute approximate surface area is 97.4 Å². The average molecular weight is 269 g/mol. The minimum Gasteiger partial charge on any atom is -0.490 e. The lowest BCUT2D eigenvalue weighted by Gasteiger charge is -2.14. The summed E-state index contributed by atoms with van der Waals surface area (Å²) in [7, 11) is 0. The third-order valence-electron chi connectivity index (χ3n) is 3.09. The maximum atomic E-state index is 5.68. The molecular formula is C11H13BrN2O. The summed E-state index contributed by atoms with van der Waals surface area (Å²) in [4.78, 5) is 4.06. The Morgan fingerprint density at radius 1 is 1.47 bits per heavy atom. The Hall–Kier alpha value is -0.610. The number of hydrogen-bond donors (Lipinski definition) is 1. The van der Waals surface area contributed by atoms with E-state index in [4.69, 9.17) is 4.74 Å². The zero-order valence-corrected chi connectivity index (χ0v) is 9.90. The molecule has 0 unspecified atom stereocenters. The summed E-state index contributed by atoms with van der Waals surface area (Å²) in [6.45, 7) is 0.755. The van der Waals surface area contributed by atoms with Gasteiger partial charge >= 0.3 is 0 Å². The van der Waals surface area contributed by atoms with Crippen LogP contribution in [0.2, 0.25) is 0 Å². The molecule has 1 saturated heterocycles. The number of nitrogens with zero attached hydrogens (tertiary/aromatic N) is 1. The SMILES string of the molecule is Brc1cncc(OC[C@@H]2C[C@H]3C[C@H]3N2)c1. The lowest BCUT2D eigenvalue weighted by atomic mass is 10.2. The molecule has 0 bridgehead atoms. The molecular weight excluding hydrogens is 256 g/mol. The van der Waals surface area contributed by atoms with Crippen molar-refractivity contribution < 1.29 is 4.74 Å². The van der Waals surface area contributed by atoms with Gasteiger partial charge in [-0.3, -0.25) is 4.98 Å². The van der Waals surface area contributed by atoms with E-state index in [1.807, 2.05) is 6.07 Å². The molecule has 2 aliphatic rings. The molecule has 1 aliphatic carbocycles. The van der Waals surface area contributed by atoms with Crippen molar-refractivity contribution in [1.82, 2.24) is 10.3 Å². The van der Waals surface area contributed by atoms with Crippen LogP contribution >= 0.6 is 15.9 Å². The summed E-state index contributed by atoms with van der Waals surface area (Å²) in [5.74, 6) is 1.77. The van der Waals surface area contributed by atoms with Gasteiger partial charge in [0.1, 0.15) is 12.4 Å². The van der Waals surface area contributed by atoms with Crippen LogP contribution in [-0.4, -0.2) is 23.7 Å². The molecule has 1 N–H and O–H groups in total. The summed E-state index contributed by atoms with van der Waals surface area (Å²) >= 11 is 3.37. The fraction of sp³-hybridized carbons (Fsp3) is 0.545. The quantitative estimate of drug-likeness (QED) is 0.911. The molecule has 3 rings (SSSR count). The molecule has 1 aliphatic heterocycles. The number of fused-ring (bicyclic) bond motifs is 1. The van der Waals surface area contributed by atoms with Crippen LogP contribution in [0.1, 0.15) is 12.8 Å². The molecule has 80 valence electrons. The van der Waals surface area contributed by atoms with Gasteiger partial charge in [0.05, 0.1) is 6.20 Å². The van der Waals surface area contributed by atoms with Crippen LogP contribution in [0.5, 0.6) is 5.75 Å². The Morgan fingerprint density at radius 2 is 2.40 bits per heavy atom. The zero-order chi connectivity index (χ0) is 10.3. The Balaban J connectivity index is 1.53. The molecule has 4 heteroatoms. The molecule has 2 heterocycles. The maximum Gasteiger partial charge on any atom is 0.138 e. The third kappa shape index (κ3) is 2.16. The summed E-state index contributed by atoms with van der Waals surface area (Å²) in [6, 6.07) is 3.27. The van der Waals surface area contributed by atoms with E-state index in [0.717, 1.165) is 28.8 Å². The van der Waals surface area contributed by atoms with Crippen LogP contribution in [0.15, 0.2) is 22.9 Å². The van der Waals surface area contributed by atoms with Crippen LogP contribution < -0.4 is 10.1 Å². The van der Waals surface area contributed by atoms with Crippen molar-refractivity contribution in [2.24, 2.45) is 5.92 Å². The fourth-order valence-electron chi connectivity index (χ4n) is 2.23. The number of rotatable bonds is 3. The van der Waals surface area contributed by atoms with Crippen LogP contribution in [0, 0.1) is 5.92 Å². The lowest BCUT2D eigenvalue weighted by molar-refractivity contribution is 0.267. The molecule has 1 aromatic heterocycles. The molecule has 0 amide bonds. The Bertz CT molecular complexity index is 361. The van der Waals surface area contributed by atoms with Gasteiger partial charge in [-0.1, -0.05) is 0 Å². The fourth-order valence-corrected chi connectivity index (χ4v) is 2.58. The van der Waals surface area contributed by atoms with Crippen LogP contribution in [0.3, 0.4) is 0 Å². The molecule has 2 fully saturated rings. The second-order valence-electron chi connectivity index (χ2n) is 4.35. The normalized spacial score (nSPS) is 32.5. The van der Waals surface area contributed by atoms with Crippen LogP contribution in [0.4, 0.5) is 0 Å². The predicted octanol–water partition coefficient (Wildman–Crippen LogP) is 1.97. The van der Waals surface area contributed by atoms with Gasteiger partial charge in [-0.05, 0) is 40.8 Å². The zero-order valence-electron chi connectivity index (χ0n) is 8.32. The molecule has 1 saturated carbocycles. The predicted molar refractivity (Wildman–Crippen MR) is 60.9 cm³/mol. The molecule has 3 nitrogen and oxygen atoms in total. The van der Waals surface area contributed by atoms with Gasteiger partial charge in [-0.25, -0.2) is 0 Å². The summed E-state index contributed by atoms with van der Waals surface area (Å²) in [5, 5.41) is 3.56. The number of halogens is 1. The third-order valence-corrected chi connectivity index (χ3v) is 3.52. The van der Waals surface area contributed by atoms with E-state index in [0.29, 0.717) is 6.04 Å². The van der Waals surface area contributed by atoms with E-state index in [9.17, 15) is 0 Å². The highest BCUT2D eigenvalue weighted by atomic mass is 79.9. The minimum atomic E-state index is 0.535. The first kappa shape index (κ1) is 9.60. The van der Waals surface area contributed by atoms with Gasteiger partial charge in [-0.2, -0.15) is 0 Å². The van der Waals surface area contributed by atoms with Crippen molar-refractivity contribution in [3.05, 3.63) is 22.9 Å². The van der Waals surface area contributed by atoms with Crippen LogP contribution in [0.25, 0.3) is 0 Å². The van der Waals surface area contributed by atoms with E-state index in [-0.39, 0.29) is 0 Å². The van der Waals surface area contributed by atoms with Gasteiger partial charge in [0, 0.05) is 22.8 Å². The number of nitrogens with one attached hydrogen (secondary N) is 1. The second kappa shape index (κ2) is 3.76. The number of aromatic nitrogens is 1. The highest BCUT2D eigenvalue weighted by Crippen LogP contribution is 2.40. The minimum absolute atomic E-state index is 0.535. The molecule has 0 aromatic carbocycles. The first-order chi connectivity index (χ1) is 7.31. The van der Waals surface area contributed by atoms with Gasteiger partial charge in [0.2, 0.25) is 0 Å². The number of hydrogen-bond acceptors (Lipinski definition) is 3. The van der Waals surface area contributed by atoms with Gasteiger partial charge in [0.15, 0.2) is 0 Å². The molecule has 1 aromatic rings.